The summed E-state index contributed by atoms with van der Waals surface area (Å²) in [6, 6.07) is 5.29. The van der Waals surface area contributed by atoms with E-state index in [0.29, 0.717) is 17.2 Å². The molecule has 1 aliphatic heterocycles. The summed E-state index contributed by atoms with van der Waals surface area (Å²) in [5, 5.41) is 5.95. The van der Waals surface area contributed by atoms with Gasteiger partial charge in [0.1, 0.15) is 0 Å². The van der Waals surface area contributed by atoms with Gasteiger partial charge < -0.3 is 21.1 Å². The molecule has 0 aliphatic carbocycles. The zero-order valence-corrected chi connectivity index (χ0v) is 11.2. The Kier molecular flexibility index (Phi) is 4.63. The number of anilines is 2. The lowest BCUT2D eigenvalue weighted by molar-refractivity contribution is 0.0699. The molecule has 0 atom stereocenters. The third-order valence-corrected chi connectivity index (χ3v) is 3.46. The standard InChI is InChI=1S/C14H21N3O2/c1-16-14(18)11-2-3-12(15)13(8-11)17-9-10-4-6-19-7-5-10/h2-3,8,10,17H,4-7,9,15H2,1H3,(H,16,18). The summed E-state index contributed by atoms with van der Waals surface area (Å²) in [6.45, 7) is 2.53. The minimum atomic E-state index is -0.103. The first kappa shape index (κ1) is 13.7. The summed E-state index contributed by atoms with van der Waals surface area (Å²) in [5.41, 5.74) is 8.04. The minimum Gasteiger partial charge on any atom is -0.397 e. The van der Waals surface area contributed by atoms with Crippen LogP contribution in [0.15, 0.2) is 18.2 Å². The number of rotatable bonds is 4. The van der Waals surface area contributed by atoms with Crippen molar-refractivity contribution in [3.8, 4) is 0 Å². The third kappa shape index (κ3) is 3.61. The molecule has 1 fully saturated rings. The van der Waals surface area contributed by atoms with E-state index in [9.17, 15) is 4.79 Å². The van der Waals surface area contributed by atoms with Crippen LogP contribution < -0.4 is 16.4 Å². The van der Waals surface area contributed by atoms with Crippen LogP contribution in [-0.4, -0.2) is 32.7 Å². The summed E-state index contributed by atoms with van der Waals surface area (Å²) >= 11 is 0. The lowest BCUT2D eigenvalue weighted by Crippen LogP contribution is -2.23. The predicted molar refractivity (Wildman–Crippen MR) is 76.3 cm³/mol. The quantitative estimate of drug-likeness (QED) is 0.719. The van der Waals surface area contributed by atoms with E-state index in [0.717, 1.165) is 38.3 Å². The molecule has 0 bridgehead atoms. The van der Waals surface area contributed by atoms with Crippen molar-refractivity contribution in [2.24, 2.45) is 5.92 Å². The third-order valence-electron chi connectivity index (χ3n) is 3.46. The summed E-state index contributed by atoms with van der Waals surface area (Å²) < 4.78 is 5.34. The van der Waals surface area contributed by atoms with Crippen LogP contribution in [0.2, 0.25) is 0 Å². The maximum Gasteiger partial charge on any atom is 0.251 e. The van der Waals surface area contributed by atoms with Crippen LogP contribution in [0.3, 0.4) is 0 Å². The number of nitrogens with two attached hydrogens (primary N) is 1. The van der Waals surface area contributed by atoms with Crippen molar-refractivity contribution in [1.82, 2.24) is 5.32 Å². The van der Waals surface area contributed by atoms with Gasteiger partial charge in [0.05, 0.1) is 11.4 Å². The van der Waals surface area contributed by atoms with Gasteiger partial charge in [0, 0.05) is 32.4 Å². The zero-order chi connectivity index (χ0) is 13.7. The first-order chi connectivity index (χ1) is 9.20. The normalized spacial score (nSPS) is 16.1. The van der Waals surface area contributed by atoms with Crippen molar-refractivity contribution in [1.29, 1.82) is 0 Å². The summed E-state index contributed by atoms with van der Waals surface area (Å²) in [7, 11) is 1.62. The van der Waals surface area contributed by atoms with Gasteiger partial charge in [-0.2, -0.15) is 0 Å². The smallest absolute Gasteiger partial charge is 0.251 e. The van der Waals surface area contributed by atoms with Gasteiger partial charge >= 0.3 is 0 Å². The molecule has 4 N–H and O–H groups in total. The fraction of sp³-hybridized carbons (Fsp3) is 0.500. The second kappa shape index (κ2) is 6.43. The second-order valence-corrected chi connectivity index (χ2v) is 4.82. The van der Waals surface area contributed by atoms with Gasteiger partial charge in [0.15, 0.2) is 0 Å². The van der Waals surface area contributed by atoms with Gasteiger partial charge in [-0.15, -0.1) is 0 Å². The fourth-order valence-corrected chi connectivity index (χ4v) is 2.20. The van der Waals surface area contributed by atoms with E-state index in [2.05, 4.69) is 10.6 Å². The Bertz CT molecular complexity index is 442. The molecule has 1 aromatic rings. The average molecular weight is 263 g/mol. The fourth-order valence-electron chi connectivity index (χ4n) is 2.20. The molecule has 0 radical (unpaired) electrons. The topological polar surface area (TPSA) is 76.4 Å². The van der Waals surface area contributed by atoms with Gasteiger partial charge in [-0.3, -0.25) is 4.79 Å². The molecule has 2 rings (SSSR count). The number of hydrogen-bond acceptors (Lipinski definition) is 4. The van der Waals surface area contributed by atoms with E-state index in [1.165, 1.54) is 0 Å². The number of benzene rings is 1. The molecule has 0 unspecified atom stereocenters. The predicted octanol–water partition coefficient (Wildman–Crippen LogP) is 1.47. The van der Waals surface area contributed by atoms with E-state index in [-0.39, 0.29) is 5.91 Å². The van der Waals surface area contributed by atoms with Crippen molar-refractivity contribution in [2.45, 2.75) is 12.8 Å². The van der Waals surface area contributed by atoms with Gasteiger partial charge in [-0.05, 0) is 37.0 Å². The Morgan fingerprint density at radius 2 is 2.16 bits per heavy atom. The maximum absolute atomic E-state index is 11.6. The van der Waals surface area contributed by atoms with E-state index < -0.39 is 0 Å². The van der Waals surface area contributed by atoms with Crippen molar-refractivity contribution >= 4 is 17.3 Å². The highest BCUT2D eigenvalue weighted by atomic mass is 16.5. The number of amides is 1. The maximum atomic E-state index is 11.6. The van der Waals surface area contributed by atoms with E-state index in [1.54, 1.807) is 25.2 Å². The number of ether oxygens (including phenoxy) is 1. The van der Waals surface area contributed by atoms with Crippen molar-refractivity contribution in [3.63, 3.8) is 0 Å². The van der Waals surface area contributed by atoms with Crippen molar-refractivity contribution < 1.29 is 9.53 Å². The molecular formula is C14H21N3O2. The monoisotopic (exact) mass is 263 g/mol. The van der Waals surface area contributed by atoms with Crippen LogP contribution >= 0.6 is 0 Å². The Labute approximate surface area is 113 Å². The SMILES string of the molecule is CNC(=O)c1ccc(N)c(NCC2CCOCC2)c1. The molecule has 5 nitrogen and oxygen atoms in total. The molecule has 104 valence electrons. The summed E-state index contributed by atoms with van der Waals surface area (Å²) in [5.74, 6) is 0.505. The molecule has 1 aromatic carbocycles. The highest BCUT2D eigenvalue weighted by Crippen LogP contribution is 2.22. The molecule has 0 aromatic heterocycles. The van der Waals surface area contributed by atoms with Crippen LogP contribution in [0.4, 0.5) is 11.4 Å². The molecular weight excluding hydrogens is 242 g/mol. The zero-order valence-electron chi connectivity index (χ0n) is 11.2. The Hall–Kier alpha value is -1.75. The molecule has 1 aliphatic rings. The number of nitrogens with one attached hydrogen (secondary N) is 2. The molecule has 1 amide bonds. The van der Waals surface area contributed by atoms with Crippen LogP contribution in [0, 0.1) is 5.92 Å². The van der Waals surface area contributed by atoms with Gasteiger partial charge in [-0.1, -0.05) is 0 Å². The van der Waals surface area contributed by atoms with Crippen LogP contribution in [0.5, 0.6) is 0 Å². The first-order valence-electron chi connectivity index (χ1n) is 6.64. The molecule has 1 heterocycles. The summed E-state index contributed by atoms with van der Waals surface area (Å²) in [4.78, 5) is 11.6. The van der Waals surface area contributed by atoms with E-state index >= 15 is 0 Å². The summed E-state index contributed by atoms with van der Waals surface area (Å²) in [6.07, 6.45) is 2.14. The Balaban J connectivity index is 2.00. The highest BCUT2D eigenvalue weighted by molar-refractivity contribution is 5.96. The molecule has 19 heavy (non-hydrogen) atoms. The largest absolute Gasteiger partial charge is 0.397 e. The Morgan fingerprint density at radius 1 is 1.42 bits per heavy atom. The number of hydrogen-bond donors (Lipinski definition) is 3. The molecule has 0 spiro atoms. The molecule has 0 saturated carbocycles. The number of nitrogen functional groups attached to an aromatic ring is 1. The van der Waals surface area contributed by atoms with Crippen molar-refractivity contribution in [3.05, 3.63) is 23.8 Å². The Morgan fingerprint density at radius 3 is 2.84 bits per heavy atom. The second-order valence-electron chi connectivity index (χ2n) is 4.82. The van der Waals surface area contributed by atoms with E-state index in [1.807, 2.05) is 0 Å². The van der Waals surface area contributed by atoms with Crippen LogP contribution in [-0.2, 0) is 4.74 Å². The highest BCUT2D eigenvalue weighted by Gasteiger charge is 2.14. The van der Waals surface area contributed by atoms with Gasteiger partial charge in [-0.25, -0.2) is 0 Å². The lowest BCUT2D eigenvalue weighted by atomic mass is 10.0. The number of carbonyl (C=O) groups excluding carboxylic acids is 1. The van der Waals surface area contributed by atoms with Crippen LogP contribution in [0.1, 0.15) is 23.2 Å². The number of carbonyl (C=O) groups is 1. The van der Waals surface area contributed by atoms with Crippen LogP contribution in [0.25, 0.3) is 0 Å². The first-order valence-corrected chi connectivity index (χ1v) is 6.64. The van der Waals surface area contributed by atoms with Gasteiger partial charge in [0.25, 0.3) is 5.91 Å². The minimum absolute atomic E-state index is 0.103. The average Bonchev–Trinajstić information content (AvgIpc) is 2.46. The van der Waals surface area contributed by atoms with Gasteiger partial charge in [0.2, 0.25) is 0 Å². The molecule has 5 heteroatoms. The van der Waals surface area contributed by atoms with Crippen molar-refractivity contribution in [2.75, 3.05) is 37.9 Å². The molecule has 1 saturated heterocycles. The van der Waals surface area contributed by atoms with E-state index in [4.69, 9.17) is 10.5 Å². The lowest BCUT2D eigenvalue weighted by Gasteiger charge is -2.23.